The first-order valence-corrected chi connectivity index (χ1v) is 7.77. The van der Waals surface area contributed by atoms with Crippen LogP contribution in [0.2, 0.25) is 0 Å². The molecule has 5 heteroatoms. The molecule has 2 N–H and O–H groups in total. The summed E-state index contributed by atoms with van der Waals surface area (Å²) in [4.78, 5) is 12.1. The van der Waals surface area contributed by atoms with Gasteiger partial charge in [-0.05, 0) is 37.6 Å². The van der Waals surface area contributed by atoms with Crippen molar-refractivity contribution in [2.24, 2.45) is 5.10 Å². The van der Waals surface area contributed by atoms with Crippen LogP contribution >= 0.6 is 15.9 Å². The lowest BCUT2D eigenvalue weighted by Gasteiger charge is -2.14. The summed E-state index contributed by atoms with van der Waals surface area (Å²) in [5.74, 6) is -0.185. The van der Waals surface area contributed by atoms with Crippen molar-refractivity contribution in [1.82, 2.24) is 5.43 Å². The van der Waals surface area contributed by atoms with E-state index in [1.165, 1.54) is 0 Å². The van der Waals surface area contributed by atoms with Gasteiger partial charge in [0.15, 0.2) is 0 Å². The molecular formula is C17H18BrN3O. The van der Waals surface area contributed by atoms with Crippen molar-refractivity contribution in [3.63, 3.8) is 0 Å². The van der Waals surface area contributed by atoms with Crippen molar-refractivity contribution < 1.29 is 4.79 Å². The van der Waals surface area contributed by atoms with Crippen molar-refractivity contribution in [3.8, 4) is 0 Å². The molecular weight excluding hydrogens is 342 g/mol. The third-order valence-corrected chi connectivity index (χ3v) is 3.62. The van der Waals surface area contributed by atoms with Crippen LogP contribution in [-0.2, 0) is 4.79 Å². The SMILES string of the molecule is CC(=NNC(=O)[C@H](C)Nc1cccc(Br)c1)c1ccccc1. The van der Waals surface area contributed by atoms with Crippen molar-refractivity contribution in [1.29, 1.82) is 0 Å². The Morgan fingerprint density at radius 1 is 1.14 bits per heavy atom. The molecule has 114 valence electrons. The average Bonchev–Trinajstić information content (AvgIpc) is 2.53. The van der Waals surface area contributed by atoms with Crippen molar-refractivity contribution in [2.45, 2.75) is 19.9 Å². The van der Waals surface area contributed by atoms with E-state index in [9.17, 15) is 4.79 Å². The maximum Gasteiger partial charge on any atom is 0.262 e. The van der Waals surface area contributed by atoms with E-state index in [2.05, 4.69) is 31.8 Å². The molecule has 0 saturated heterocycles. The average molecular weight is 360 g/mol. The van der Waals surface area contributed by atoms with E-state index in [0.29, 0.717) is 0 Å². The fraction of sp³-hybridized carbons (Fsp3) is 0.176. The molecule has 0 heterocycles. The van der Waals surface area contributed by atoms with Crippen LogP contribution in [0.25, 0.3) is 0 Å². The van der Waals surface area contributed by atoms with Gasteiger partial charge < -0.3 is 5.32 Å². The molecule has 0 radical (unpaired) electrons. The molecule has 22 heavy (non-hydrogen) atoms. The number of benzene rings is 2. The summed E-state index contributed by atoms with van der Waals surface area (Å²) in [7, 11) is 0. The van der Waals surface area contributed by atoms with Gasteiger partial charge >= 0.3 is 0 Å². The Hall–Kier alpha value is -2.14. The van der Waals surface area contributed by atoms with Crippen LogP contribution in [0.1, 0.15) is 19.4 Å². The summed E-state index contributed by atoms with van der Waals surface area (Å²) in [6.07, 6.45) is 0. The molecule has 0 saturated carbocycles. The van der Waals surface area contributed by atoms with Gasteiger partial charge in [-0.15, -0.1) is 0 Å². The molecule has 0 aromatic heterocycles. The van der Waals surface area contributed by atoms with Gasteiger partial charge in [0.1, 0.15) is 6.04 Å². The first kappa shape index (κ1) is 16.2. The van der Waals surface area contributed by atoms with Crippen LogP contribution in [0, 0.1) is 0 Å². The summed E-state index contributed by atoms with van der Waals surface area (Å²) in [6, 6.07) is 17.0. The number of nitrogens with one attached hydrogen (secondary N) is 2. The van der Waals surface area contributed by atoms with E-state index in [1.54, 1.807) is 6.92 Å². The second-order valence-corrected chi connectivity index (χ2v) is 5.83. The number of nitrogens with zero attached hydrogens (tertiary/aromatic N) is 1. The molecule has 1 atom stereocenters. The molecule has 2 rings (SSSR count). The Balaban J connectivity index is 1.94. The van der Waals surface area contributed by atoms with Gasteiger partial charge in [0.2, 0.25) is 0 Å². The summed E-state index contributed by atoms with van der Waals surface area (Å²) < 4.78 is 0.961. The minimum atomic E-state index is -0.387. The molecule has 0 spiro atoms. The zero-order valence-corrected chi connectivity index (χ0v) is 14.1. The second kappa shape index (κ2) is 7.75. The lowest BCUT2D eigenvalue weighted by Crippen LogP contribution is -2.35. The number of amides is 1. The Bertz CT molecular complexity index is 671. The van der Waals surface area contributed by atoms with E-state index < -0.39 is 0 Å². The first-order chi connectivity index (χ1) is 10.6. The highest BCUT2D eigenvalue weighted by molar-refractivity contribution is 9.10. The van der Waals surface area contributed by atoms with Gasteiger partial charge in [-0.3, -0.25) is 4.79 Å². The number of anilines is 1. The van der Waals surface area contributed by atoms with E-state index >= 15 is 0 Å². The Labute approximate surface area is 138 Å². The van der Waals surface area contributed by atoms with Crippen molar-refractivity contribution in [2.75, 3.05) is 5.32 Å². The van der Waals surface area contributed by atoms with Crippen LogP contribution in [-0.4, -0.2) is 17.7 Å². The number of halogens is 1. The van der Waals surface area contributed by atoms with Crippen LogP contribution < -0.4 is 10.7 Å². The maximum absolute atomic E-state index is 12.1. The molecule has 0 aliphatic heterocycles. The smallest absolute Gasteiger partial charge is 0.262 e. The predicted octanol–water partition coefficient (Wildman–Crippen LogP) is 3.79. The molecule has 4 nitrogen and oxygen atoms in total. The van der Waals surface area contributed by atoms with Gasteiger partial charge in [0.05, 0.1) is 5.71 Å². The van der Waals surface area contributed by atoms with E-state index in [0.717, 1.165) is 21.4 Å². The topological polar surface area (TPSA) is 53.5 Å². The van der Waals surface area contributed by atoms with Crippen LogP contribution in [0.5, 0.6) is 0 Å². The molecule has 0 fully saturated rings. The maximum atomic E-state index is 12.1. The molecule has 0 unspecified atom stereocenters. The molecule has 2 aromatic rings. The van der Waals surface area contributed by atoms with Gasteiger partial charge in [-0.2, -0.15) is 5.10 Å². The fourth-order valence-electron chi connectivity index (χ4n) is 1.87. The number of rotatable bonds is 5. The first-order valence-electron chi connectivity index (χ1n) is 6.98. The number of hydrogen-bond acceptors (Lipinski definition) is 3. The van der Waals surface area contributed by atoms with Crippen LogP contribution in [0.3, 0.4) is 0 Å². The van der Waals surface area contributed by atoms with Crippen molar-refractivity contribution in [3.05, 3.63) is 64.6 Å². The van der Waals surface area contributed by atoms with E-state index in [-0.39, 0.29) is 11.9 Å². The minimum Gasteiger partial charge on any atom is -0.374 e. The summed E-state index contributed by atoms with van der Waals surface area (Å²) in [5.41, 5.74) is 5.22. The summed E-state index contributed by atoms with van der Waals surface area (Å²) in [5, 5.41) is 7.28. The Kier molecular flexibility index (Phi) is 5.72. The van der Waals surface area contributed by atoms with Gasteiger partial charge in [-0.25, -0.2) is 5.43 Å². The standard InChI is InChI=1S/C17H18BrN3O/c1-12(14-7-4-3-5-8-14)20-21-17(22)13(2)19-16-10-6-9-15(18)11-16/h3-11,13,19H,1-2H3,(H,21,22)/t13-/m0/s1. The second-order valence-electron chi connectivity index (χ2n) is 4.92. The molecule has 0 bridgehead atoms. The van der Waals surface area contributed by atoms with Gasteiger partial charge in [0.25, 0.3) is 5.91 Å². The highest BCUT2D eigenvalue weighted by Gasteiger charge is 2.12. The molecule has 1 amide bonds. The third kappa shape index (κ3) is 4.70. The number of hydrogen-bond donors (Lipinski definition) is 2. The lowest BCUT2D eigenvalue weighted by atomic mass is 10.1. The van der Waals surface area contributed by atoms with Gasteiger partial charge in [-0.1, -0.05) is 52.3 Å². The summed E-state index contributed by atoms with van der Waals surface area (Å²) >= 11 is 3.40. The number of carbonyl (C=O) groups is 1. The normalized spacial score (nSPS) is 12.6. The third-order valence-electron chi connectivity index (χ3n) is 3.13. The monoisotopic (exact) mass is 359 g/mol. The fourth-order valence-corrected chi connectivity index (χ4v) is 2.27. The number of carbonyl (C=O) groups excluding carboxylic acids is 1. The van der Waals surface area contributed by atoms with Crippen LogP contribution in [0.4, 0.5) is 5.69 Å². The molecule has 0 aliphatic carbocycles. The van der Waals surface area contributed by atoms with E-state index in [4.69, 9.17) is 0 Å². The van der Waals surface area contributed by atoms with Crippen molar-refractivity contribution >= 4 is 33.2 Å². The molecule has 0 aliphatic rings. The minimum absolute atomic E-state index is 0.185. The lowest BCUT2D eigenvalue weighted by molar-refractivity contribution is -0.121. The van der Waals surface area contributed by atoms with Crippen LogP contribution in [0.15, 0.2) is 64.2 Å². The largest absolute Gasteiger partial charge is 0.374 e. The zero-order chi connectivity index (χ0) is 15.9. The van der Waals surface area contributed by atoms with Gasteiger partial charge in [0, 0.05) is 10.2 Å². The number of hydrazone groups is 1. The quantitative estimate of drug-likeness (QED) is 0.630. The van der Waals surface area contributed by atoms with E-state index in [1.807, 2.05) is 61.5 Å². The highest BCUT2D eigenvalue weighted by atomic mass is 79.9. The zero-order valence-electron chi connectivity index (χ0n) is 12.5. The predicted molar refractivity (Wildman–Crippen MR) is 94.0 cm³/mol. The molecule has 2 aromatic carbocycles. The Morgan fingerprint density at radius 3 is 2.55 bits per heavy atom. The highest BCUT2D eigenvalue weighted by Crippen LogP contribution is 2.16. The Morgan fingerprint density at radius 2 is 1.86 bits per heavy atom. The summed E-state index contributed by atoms with van der Waals surface area (Å²) in [6.45, 7) is 3.66.